The van der Waals surface area contributed by atoms with Crippen LogP contribution >= 0.6 is 0 Å². The van der Waals surface area contributed by atoms with Gasteiger partial charge in [-0.15, -0.1) is 0 Å². The fourth-order valence-electron chi connectivity index (χ4n) is 1.49. The fourth-order valence-corrected chi connectivity index (χ4v) is 1.49. The molecule has 4 nitrogen and oxygen atoms in total. The number of ether oxygens (including phenoxy) is 1. The molecule has 0 bridgehead atoms. The number of amides is 1. The van der Waals surface area contributed by atoms with Gasteiger partial charge in [-0.1, -0.05) is 0 Å². The van der Waals surface area contributed by atoms with E-state index in [4.69, 9.17) is 4.74 Å². The zero-order valence-corrected chi connectivity index (χ0v) is 8.54. The van der Waals surface area contributed by atoms with E-state index in [9.17, 15) is 4.79 Å². The Labute approximate surface area is 79.2 Å². The first-order valence-electron chi connectivity index (χ1n) is 4.70. The molecule has 0 spiro atoms. The second-order valence-electron chi connectivity index (χ2n) is 3.52. The van der Waals surface area contributed by atoms with E-state index >= 15 is 0 Å². The van der Waals surface area contributed by atoms with Crippen molar-refractivity contribution in [1.82, 2.24) is 10.2 Å². The van der Waals surface area contributed by atoms with Crippen LogP contribution in [-0.2, 0) is 9.53 Å². The van der Waals surface area contributed by atoms with Crippen LogP contribution in [0.5, 0.6) is 0 Å². The number of carbonyl (C=O) groups excluding carboxylic acids is 1. The highest BCUT2D eigenvalue weighted by Crippen LogP contribution is 2.03. The number of piperazine rings is 1. The summed E-state index contributed by atoms with van der Waals surface area (Å²) in [7, 11) is 1.56. The molecule has 2 unspecified atom stereocenters. The normalized spacial score (nSPS) is 25.8. The summed E-state index contributed by atoms with van der Waals surface area (Å²) in [5.41, 5.74) is 0. The summed E-state index contributed by atoms with van der Waals surface area (Å²) in [5, 5.41) is 3.29. The summed E-state index contributed by atoms with van der Waals surface area (Å²) in [6.07, 6.45) is -0.315. The Hall–Kier alpha value is -0.610. The van der Waals surface area contributed by atoms with Gasteiger partial charge in [-0.25, -0.2) is 0 Å². The van der Waals surface area contributed by atoms with Crippen LogP contribution in [-0.4, -0.2) is 49.7 Å². The van der Waals surface area contributed by atoms with Gasteiger partial charge in [0.2, 0.25) is 0 Å². The average molecular weight is 186 g/mol. The maximum atomic E-state index is 11.6. The molecule has 76 valence electrons. The van der Waals surface area contributed by atoms with Crippen molar-refractivity contribution < 1.29 is 9.53 Å². The molecule has 0 radical (unpaired) electrons. The number of rotatable bonds is 2. The minimum atomic E-state index is -0.315. The van der Waals surface area contributed by atoms with Crippen molar-refractivity contribution in [2.45, 2.75) is 26.0 Å². The van der Waals surface area contributed by atoms with E-state index in [1.165, 1.54) is 0 Å². The second-order valence-corrected chi connectivity index (χ2v) is 3.52. The molecule has 0 aromatic heterocycles. The van der Waals surface area contributed by atoms with Gasteiger partial charge in [0.1, 0.15) is 6.10 Å². The Balaban J connectivity index is 2.46. The predicted octanol–water partition coefficient (Wildman–Crippen LogP) is -0.158. The van der Waals surface area contributed by atoms with Crippen molar-refractivity contribution in [2.75, 3.05) is 26.7 Å². The molecule has 0 saturated carbocycles. The molecule has 1 amide bonds. The smallest absolute Gasteiger partial charge is 0.251 e. The van der Waals surface area contributed by atoms with Crippen molar-refractivity contribution in [3.05, 3.63) is 0 Å². The molecule has 1 saturated heterocycles. The van der Waals surface area contributed by atoms with E-state index in [2.05, 4.69) is 12.2 Å². The lowest BCUT2D eigenvalue weighted by molar-refractivity contribution is -0.142. The van der Waals surface area contributed by atoms with Crippen molar-refractivity contribution in [3.8, 4) is 0 Å². The molecule has 1 aliphatic rings. The summed E-state index contributed by atoms with van der Waals surface area (Å²) in [6, 6.07) is 0.391. The fraction of sp³-hybridized carbons (Fsp3) is 0.889. The third kappa shape index (κ3) is 2.67. The molecule has 1 fully saturated rings. The summed E-state index contributed by atoms with van der Waals surface area (Å²) in [6.45, 7) is 6.32. The Morgan fingerprint density at radius 3 is 2.92 bits per heavy atom. The van der Waals surface area contributed by atoms with Crippen molar-refractivity contribution >= 4 is 5.91 Å². The first-order chi connectivity index (χ1) is 6.15. The Kier molecular flexibility index (Phi) is 3.69. The van der Waals surface area contributed by atoms with Gasteiger partial charge in [-0.05, 0) is 13.8 Å². The molecule has 2 atom stereocenters. The summed E-state index contributed by atoms with van der Waals surface area (Å²) < 4.78 is 4.99. The van der Waals surface area contributed by atoms with Gasteiger partial charge in [0.25, 0.3) is 5.91 Å². The lowest BCUT2D eigenvalue weighted by Crippen LogP contribution is -2.53. The van der Waals surface area contributed by atoms with Crippen molar-refractivity contribution in [3.63, 3.8) is 0 Å². The lowest BCUT2D eigenvalue weighted by Gasteiger charge is -2.33. The average Bonchev–Trinajstić information content (AvgIpc) is 2.15. The third-order valence-corrected chi connectivity index (χ3v) is 2.38. The van der Waals surface area contributed by atoms with Crippen LogP contribution in [0.2, 0.25) is 0 Å². The van der Waals surface area contributed by atoms with Crippen molar-refractivity contribution in [2.24, 2.45) is 0 Å². The number of nitrogens with zero attached hydrogens (tertiary/aromatic N) is 1. The van der Waals surface area contributed by atoms with Crippen LogP contribution in [0.3, 0.4) is 0 Å². The predicted molar refractivity (Wildman–Crippen MR) is 50.5 cm³/mol. The molecule has 13 heavy (non-hydrogen) atoms. The maximum absolute atomic E-state index is 11.6. The lowest BCUT2D eigenvalue weighted by atomic mass is 10.2. The monoisotopic (exact) mass is 186 g/mol. The number of carbonyl (C=O) groups is 1. The zero-order valence-electron chi connectivity index (χ0n) is 8.54. The third-order valence-electron chi connectivity index (χ3n) is 2.38. The van der Waals surface area contributed by atoms with Crippen LogP contribution in [0.4, 0.5) is 0 Å². The molecule has 1 N–H and O–H groups in total. The maximum Gasteiger partial charge on any atom is 0.251 e. The largest absolute Gasteiger partial charge is 0.372 e. The molecule has 0 aromatic carbocycles. The first-order valence-corrected chi connectivity index (χ1v) is 4.70. The quantitative estimate of drug-likeness (QED) is 0.651. The zero-order chi connectivity index (χ0) is 9.84. The van der Waals surface area contributed by atoms with E-state index in [-0.39, 0.29) is 12.0 Å². The van der Waals surface area contributed by atoms with E-state index in [0.29, 0.717) is 6.04 Å². The summed E-state index contributed by atoms with van der Waals surface area (Å²) >= 11 is 0. The van der Waals surface area contributed by atoms with Crippen LogP contribution in [0, 0.1) is 0 Å². The van der Waals surface area contributed by atoms with E-state index in [0.717, 1.165) is 19.6 Å². The minimum absolute atomic E-state index is 0.0934. The molecule has 4 heteroatoms. The number of methoxy groups -OCH3 is 1. The first kappa shape index (κ1) is 10.5. The van der Waals surface area contributed by atoms with Crippen LogP contribution in [0.1, 0.15) is 13.8 Å². The molecule has 1 heterocycles. The van der Waals surface area contributed by atoms with E-state index in [1.807, 2.05) is 4.90 Å². The molecule has 0 aromatic rings. The van der Waals surface area contributed by atoms with Gasteiger partial charge in [0.15, 0.2) is 0 Å². The molecule has 1 rings (SSSR count). The van der Waals surface area contributed by atoms with Crippen LogP contribution in [0.15, 0.2) is 0 Å². The Bertz CT molecular complexity index is 184. The van der Waals surface area contributed by atoms with Crippen molar-refractivity contribution in [1.29, 1.82) is 0 Å². The van der Waals surface area contributed by atoms with Gasteiger partial charge >= 0.3 is 0 Å². The van der Waals surface area contributed by atoms with Gasteiger partial charge in [0.05, 0.1) is 0 Å². The molecular weight excluding hydrogens is 168 g/mol. The van der Waals surface area contributed by atoms with E-state index in [1.54, 1.807) is 14.0 Å². The van der Waals surface area contributed by atoms with E-state index < -0.39 is 0 Å². The standard InChI is InChI=1S/C9H18N2O2/c1-7-6-11(5-4-10-7)9(12)8(2)13-3/h7-8,10H,4-6H2,1-3H3. The molecule has 1 aliphatic heterocycles. The Morgan fingerprint density at radius 1 is 1.69 bits per heavy atom. The van der Waals surface area contributed by atoms with Gasteiger partial charge in [-0.2, -0.15) is 0 Å². The molecule has 0 aliphatic carbocycles. The summed E-state index contributed by atoms with van der Waals surface area (Å²) in [4.78, 5) is 13.5. The highest BCUT2D eigenvalue weighted by Gasteiger charge is 2.24. The second kappa shape index (κ2) is 4.58. The van der Waals surface area contributed by atoms with Crippen LogP contribution in [0.25, 0.3) is 0 Å². The number of nitrogens with one attached hydrogen (secondary N) is 1. The van der Waals surface area contributed by atoms with Crippen LogP contribution < -0.4 is 5.32 Å². The molecular formula is C9H18N2O2. The number of hydrogen-bond acceptors (Lipinski definition) is 3. The van der Waals surface area contributed by atoms with Gasteiger partial charge < -0.3 is 15.0 Å². The Morgan fingerprint density at radius 2 is 2.38 bits per heavy atom. The number of hydrogen-bond donors (Lipinski definition) is 1. The minimum Gasteiger partial charge on any atom is -0.372 e. The van der Waals surface area contributed by atoms with Gasteiger partial charge in [-0.3, -0.25) is 4.79 Å². The SMILES string of the molecule is COC(C)C(=O)N1CCNC(C)C1. The highest BCUT2D eigenvalue weighted by atomic mass is 16.5. The highest BCUT2D eigenvalue weighted by molar-refractivity contribution is 5.80. The topological polar surface area (TPSA) is 41.6 Å². The summed E-state index contributed by atoms with van der Waals surface area (Å²) in [5.74, 6) is 0.0934. The van der Waals surface area contributed by atoms with Gasteiger partial charge in [0, 0.05) is 32.8 Å².